The highest BCUT2D eigenvalue weighted by molar-refractivity contribution is 7.90. The van der Waals surface area contributed by atoms with Gasteiger partial charge in [-0.25, -0.2) is 8.42 Å². The third-order valence-corrected chi connectivity index (χ3v) is 6.51. The van der Waals surface area contributed by atoms with E-state index in [0.717, 1.165) is 5.56 Å². The Hall–Kier alpha value is -2.87. The van der Waals surface area contributed by atoms with Gasteiger partial charge in [-0.3, -0.25) is 14.5 Å². The van der Waals surface area contributed by atoms with E-state index in [4.69, 9.17) is 0 Å². The number of hydrogen-bond donors (Lipinski definition) is 3. The zero-order chi connectivity index (χ0) is 21.2. The van der Waals surface area contributed by atoms with Gasteiger partial charge in [-0.15, -0.1) is 0 Å². The van der Waals surface area contributed by atoms with Crippen LogP contribution in [0.5, 0.6) is 5.75 Å². The Kier molecular flexibility index (Phi) is 5.93. The molecule has 7 nitrogen and oxygen atoms in total. The summed E-state index contributed by atoms with van der Waals surface area (Å²) in [6.07, 6.45) is 0.698. The third kappa shape index (κ3) is 4.42. The second-order valence-corrected chi connectivity index (χ2v) is 8.89. The van der Waals surface area contributed by atoms with E-state index in [1.165, 1.54) is 6.07 Å². The Morgan fingerprint density at radius 2 is 1.90 bits per heavy atom. The van der Waals surface area contributed by atoms with Gasteiger partial charge >= 0.3 is 0 Å². The molecule has 0 spiro atoms. The molecule has 3 N–H and O–H groups in total. The van der Waals surface area contributed by atoms with Crippen molar-refractivity contribution in [1.82, 2.24) is 10.0 Å². The normalized spacial score (nSPS) is 19.1. The summed E-state index contributed by atoms with van der Waals surface area (Å²) in [7, 11) is -3.67. The van der Waals surface area contributed by atoms with Crippen LogP contribution in [0.1, 0.15) is 44.4 Å². The van der Waals surface area contributed by atoms with Gasteiger partial charge in [0, 0.05) is 5.56 Å². The average molecular weight is 416 g/mol. The van der Waals surface area contributed by atoms with Crippen LogP contribution in [0.25, 0.3) is 0 Å². The number of amidine groups is 1. The van der Waals surface area contributed by atoms with Crippen molar-refractivity contribution in [2.45, 2.75) is 44.2 Å². The number of phenolic OH excluding ortho intramolecular Hbond substituents is 1. The van der Waals surface area contributed by atoms with Crippen LogP contribution in [0.2, 0.25) is 0 Å². The van der Waals surface area contributed by atoms with Crippen molar-refractivity contribution in [3.8, 4) is 5.75 Å². The van der Waals surface area contributed by atoms with E-state index >= 15 is 0 Å². The van der Waals surface area contributed by atoms with Crippen LogP contribution >= 0.6 is 0 Å². The van der Waals surface area contributed by atoms with Crippen molar-refractivity contribution in [2.24, 2.45) is 10.9 Å². The predicted octanol–water partition coefficient (Wildman–Crippen LogP) is 2.72. The summed E-state index contributed by atoms with van der Waals surface area (Å²) in [4.78, 5) is 17.7. The van der Waals surface area contributed by atoms with Crippen LogP contribution in [-0.2, 0) is 14.8 Å². The number of phenols is 1. The van der Waals surface area contributed by atoms with Crippen LogP contribution in [0.4, 0.5) is 0 Å². The molecule has 8 heteroatoms. The van der Waals surface area contributed by atoms with Gasteiger partial charge in [-0.2, -0.15) is 0 Å². The number of aromatic hydroxyl groups is 1. The SMILES string of the molecule is CC[C@H](C)[C@H](N=C1NS(=O)(=O)c2ccccc21)C(=O)NC(C)c1cccc(O)c1. The molecule has 0 saturated heterocycles. The molecule has 0 saturated carbocycles. The van der Waals surface area contributed by atoms with E-state index in [1.807, 2.05) is 26.8 Å². The number of carbonyl (C=O) groups is 1. The first-order chi connectivity index (χ1) is 13.7. The summed E-state index contributed by atoms with van der Waals surface area (Å²) < 4.78 is 27.1. The van der Waals surface area contributed by atoms with Crippen molar-refractivity contribution < 1.29 is 18.3 Å². The number of benzene rings is 2. The summed E-state index contributed by atoms with van der Waals surface area (Å²) in [5.41, 5.74) is 1.23. The van der Waals surface area contributed by atoms with E-state index in [2.05, 4.69) is 15.0 Å². The first-order valence-corrected chi connectivity index (χ1v) is 11.0. The maximum atomic E-state index is 13.0. The lowest BCUT2D eigenvalue weighted by Gasteiger charge is -2.22. The van der Waals surface area contributed by atoms with Crippen molar-refractivity contribution in [1.29, 1.82) is 0 Å². The average Bonchev–Trinajstić information content (AvgIpc) is 2.96. The summed E-state index contributed by atoms with van der Waals surface area (Å²) in [5, 5.41) is 12.6. The van der Waals surface area contributed by atoms with Gasteiger partial charge in [-0.1, -0.05) is 44.5 Å². The monoisotopic (exact) mass is 415 g/mol. The summed E-state index contributed by atoms with van der Waals surface area (Å²) in [5.74, 6) is -0.0900. The van der Waals surface area contributed by atoms with Gasteiger partial charge < -0.3 is 10.4 Å². The van der Waals surface area contributed by atoms with E-state index in [1.54, 1.807) is 36.4 Å². The minimum Gasteiger partial charge on any atom is -0.508 e. The molecule has 1 heterocycles. The fourth-order valence-corrected chi connectivity index (χ4v) is 4.45. The smallest absolute Gasteiger partial charge is 0.263 e. The molecule has 1 aliphatic rings. The number of nitrogens with zero attached hydrogens (tertiary/aromatic N) is 1. The Balaban J connectivity index is 1.89. The zero-order valence-corrected chi connectivity index (χ0v) is 17.4. The topological polar surface area (TPSA) is 108 Å². The number of fused-ring (bicyclic) bond motifs is 1. The van der Waals surface area contributed by atoms with Gasteiger partial charge in [-0.05, 0) is 42.7 Å². The Morgan fingerprint density at radius 1 is 1.17 bits per heavy atom. The van der Waals surface area contributed by atoms with E-state index in [-0.39, 0.29) is 34.3 Å². The predicted molar refractivity (Wildman–Crippen MR) is 111 cm³/mol. The van der Waals surface area contributed by atoms with Crippen LogP contribution < -0.4 is 10.0 Å². The molecule has 2 aromatic rings. The number of rotatable bonds is 6. The molecule has 0 fully saturated rings. The summed E-state index contributed by atoms with van der Waals surface area (Å²) in [6.45, 7) is 5.68. The molecular weight excluding hydrogens is 390 g/mol. The lowest BCUT2D eigenvalue weighted by atomic mass is 9.98. The number of aliphatic imine (C=N–C) groups is 1. The zero-order valence-electron chi connectivity index (χ0n) is 16.6. The van der Waals surface area contributed by atoms with Crippen molar-refractivity contribution in [3.05, 3.63) is 59.7 Å². The van der Waals surface area contributed by atoms with Crippen LogP contribution in [0, 0.1) is 5.92 Å². The Labute approximate surface area is 170 Å². The lowest BCUT2D eigenvalue weighted by molar-refractivity contribution is -0.124. The van der Waals surface area contributed by atoms with Crippen LogP contribution in [-0.4, -0.2) is 31.3 Å². The minimum atomic E-state index is -3.67. The second kappa shape index (κ2) is 8.24. The first kappa shape index (κ1) is 20.9. The van der Waals surface area contributed by atoms with Crippen molar-refractivity contribution in [3.63, 3.8) is 0 Å². The number of nitrogens with one attached hydrogen (secondary N) is 2. The van der Waals surface area contributed by atoms with Crippen LogP contribution in [0.15, 0.2) is 58.4 Å². The second-order valence-electron chi connectivity index (χ2n) is 7.23. The van der Waals surface area contributed by atoms with Gasteiger partial charge in [0.05, 0.1) is 10.9 Å². The summed E-state index contributed by atoms with van der Waals surface area (Å²) in [6, 6.07) is 12.2. The molecule has 0 bridgehead atoms. The highest BCUT2D eigenvalue weighted by atomic mass is 32.2. The molecule has 29 heavy (non-hydrogen) atoms. The number of carbonyl (C=O) groups excluding carboxylic acids is 1. The van der Waals surface area contributed by atoms with E-state index in [9.17, 15) is 18.3 Å². The van der Waals surface area contributed by atoms with Gasteiger partial charge in [0.1, 0.15) is 17.6 Å². The maximum absolute atomic E-state index is 13.0. The largest absolute Gasteiger partial charge is 0.508 e. The number of amides is 1. The van der Waals surface area contributed by atoms with Crippen LogP contribution in [0.3, 0.4) is 0 Å². The quantitative estimate of drug-likeness (QED) is 0.674. The van der Waals surface area contributed by atoms with E-state index in [0.29, 0.717) is 12.0 Å². The molecule has 2 aromatic carbocycles. The molecule has 1 amide bonds. The minimum absolute atomic E-state index is 0.101. The highest BCUT2D eigenvalue weighted by Gasteiger charge is 2.33. The molecule has 3 rings (SSSR count). The highest BCUT2D eigenvalue weighted by Crippen LogP contribution is 2.24. The summed E-state index contributed by atoms with van der Waals surface area (Å²) >= 11 is 0. The molecule has 0 aromatic heterocycles. The standard InChI is InChI=1S/C21H25N3O4S/c1-4-13(2)19(21(26)22-14(3)15-8-7-9-16(25)12-15)23-20-17-10-5-6-11-18(17)29(27,28)24-20/h5-14,19,25H,4H2,1-3H3,(H,22,26)(H,23,24)/t13-,14?,19-/m0/s1. The van der Waals surface area contributed by atoms with Crippen molar-refractivity contribution >= 4 is 21.8 Å². The number of hydrogen-bond acceptors (Lipinski definition) is 5. The fourth-order valence-electron chi connectivity index (χ4n) is 3.21. The van der Waals surface area contributed by atoms with E-state index < -0.39 is 16.1 Å². The molecular formula is C21H25N3O4S. The molecule has 0 aliphatic carbocycles. The van der Waals surface area contributed by atoms with Gasteiger partial charge in [0.2, 0.25) is 5.91 Å². The first-order valence-electron chi connectivity index (χ1n) is 9.52. The molecule has 154 valence electrons. The van der Waals surface area contributed by atoms with Gasteiger partial charge in [0.25, 0.3) is 10.0 Å². The maximum Gasteiger partial charge on any atom is 0.263 e. The lowest BCUT2D eigenvalue weighted by Crippen LogP contribution is -2.40. The Bertz CT molecular complexity index is 1050. The molecule has 1 unspecified atom stereocenters. The number of sulfonamides is 1. The Morgan fingerprint density at radius 3 is 2.59 bits per heavy atom. The third-order valence-electron chi connectivity index (χ3n) is 5.11. The molecule has 3 atom stereocenters. The fraction of sp³-hybridized carbons (Fsp3) is 0.333. The van der Waals surface area contributed by atoms with Crippen molar-refractivity contribution in [2.75, 3.05) is 0 Å². The van der Waals surface area contributed by atoms with Gasteiger partial charge in [0.15, 0.2) is 0 Å². The molecule has 0 radical (unpaired) electrons. The molecule has 1 aliphatic heterocycles.